The zero-order valence-corrected chi connectivity index (χ0v) is 17.4. The molecule has 0 bridgehead atoms. The average Bonchev–Trinajstić information content (AvgIpc) is 3.11. The minimum absolute atomic E-state index is 0.113. The first-order valence-electron chi connectivity index (χ1n) is 10.3. The smallest absolute Gasteiger partial charge is 0.266 e. The number of hydrogen-bond donors (Lipinski definition) is 2. The van der Waals surface area contributed by atoms with Crippen molar-refractivity contribution < 1.29 is 9.53 Å². The number of carbonyl (C=O) groups is 1. The summed E-state index contributed by atoms with van der Waals surface area (Å²) in [5.41, 5.74) is 4.75. The molecular weight excluding hydrogens is 382 g/mol. The summed E-state index contributed by atoms with van der Waals surface area (Å²) in [6.45, 7) is 8.36. The minimum atomic E-state index is -0.208. The normalized spacial score (nSPS) is 14.9. The Morgan fingerprint density at radius 2 is 1.93 bits per heavy atom. The monoisotopic (exact) mass is 409 g/mol. The van der Waals surface area contributed by atoms with Gasteiger partial charge < -0.3 is 10.1 Å². The van der Waals surface area contributed by atoms with Gasteiger partial charge in [-0.1, -0.05) is 12.1 Å². The maximum absolute atomic E-state index is 12.6. The Morgan fingerprint density at radius 3 is 2.67 bits per heavy atom. The zero-order chi connectivity index (χ0) is 21.1. The van der Waals surface area contributed by atoms with Crippen LogP contribution in [0.5, 0.6) is 0 Å². The lowest BCUT2D eigenvalue weighted by Crippen LogP contribution is -2.37. The molecule has 1 fully saturated rings. The number of morpholine rings is 1. The van der Waals surface area contributed by atoms with Crippen molar-refractivity contribution in [2.45, 2.75) is 26.7 Å². The van der Waals surface area contributed by atoms with E-state index in [9.17, 15) is 9.59 Å². The molecule has 0 atom stereocenters. The number of aromatic nitrogens is 3. The van der Waals surface area contributed by atoms with Crippen LogP contribution < -0.4 is 10.9 Å². The number of benzene rings is 1. The largest absolute Gasteiger partial charge is 0.379 e. The summed E-state index contributed by atoms with van der Waals surface area (Å²) in [6.07, 6.45) is 1.17. The number of carbonyl (C=O) groups excluding carboxylic acids is 1. The van der Waals surface area contributed by atoms with Crippen molar-refractivity contribution in [1.29, 1.82) is 0 Å². The Morgan fingerprint density at radius 1 is 1.20 bits per heavy atom. The fraction of sp³-hybridized carbons (Fsp3) is 0.409. The maximum Gasteiger partial charge on any atom is 0.266 e. The van der Waals surface area contributed by atoms with E-state index < -0.39 is 0 Å². The Hall–Kier alpha value is -2.97. The molecule has 1 amide bonds. The van der Waals surface area contributed by atoms with Gasteiger partial charge in [-0.15, -0.1) is 0 Å². The molecule has 3 heterocycles. The van der Waals surface area contributed by atoms with Crippen LogP contribution in [0, 0.1) is 13.8 Å². The molecule has 158 valence electrons. The van der Waals surface area contributed by atoms with Crippen LogP contribution in [0.25, 0.3) is 5.65 Å². The molecule has 2 aromatic heterocycles. The summed E-state index contributed by atoms with van der Waals surface area (Å²) in [7, 11) is 0. The molecule has 1 aliphatic rings. The lowest BCUT2D eigenvalue weighted by atomic mass is 10.1. The molecule has 0 unspecified atom stereocenters. The third-order valence-electron chi connectivity index (χ3n) is 5.60. The molecule has 1 aliphatic heterocycles. The van der Waals surface area contributed by atoms with E-state index >= 15 is 0 Å². The number of anilines is 1. The fourth-order valence-corrected chi connectivity index (χ4v) is 3.84. The van der Waals surface area contributed by atoms with Gasteiger partial charge in [-0.05, 0) is 38.0 Å². The first-order chi connectivity index (χ1) is 14.5. The first kappa shape index (κ1) is 20.3. The number of ether oxygens (including phenoxy) is 1. The van der Waals surface area contributed by atoms with E-state index in [1.54, 1.807) is 4.52 Å². The van der Waals surface area contributed by atoms with Crippen molar-refractivity contribution in [3.63, 3.8) is 0 Å². The number of nitrogens with one attached hydrogen (secondary N) is 2. The molecule has 0 saturated carbocycles. The maximum atomic E-state index is 12.6. The third-order valence-corrected chi connectivity index (χ3v) is 5.60. The Labute approximate surface area is 174 Å². The highest BCUT2D eigenvalue weighted by Gasteiger charge is 2.14. The lowest BCUT2D eigenvalue weighted by molar-refractivity contribution is -0.115. The molecule has 3 aromatic rings. The fourth-order valence-electron chi connectivity index (χ4n) is 3.84. The molecule has 0 spiro atoms. The van der Waals surface area contributed by atoms with Crippen LogP contribution in [-0.4, -0.2) is 58.3 Å². The van der Waals surface area contributed by atoms with Crippen molar-refractivity contribution in [1.82, 2.24) is 19.5 Å². The van der Waals surface area contributed by atoms with E-state index in [1.165, 1.54) is 11.6 Å². The standard InChI is InChI=1S/C22H27N5O3/c1-15-19(16(2)27-20(23-15)14-22(29)25-27)13-21(28)24-18-5-3-17(4-6-18)7-8-26-9-11-30-12-10-26/h3-6,14H,7-13H2,1-2H3,(H,24,28)(H,25,29). The van der Waals surface area contributed by atoms with Crippen molar-refractivity contribution in [2.75, 3.05) is 38.2 Å². The molecule has 8 heteroatoms. The second-order valence-corrected chi connectivity index (χ2v) is 7.70. The summed E-state index contributed by atoms with van der Waals surface area (Å²) >= 11 is 0. The van der Waals surface area contributed by atoms with Gasteiger partial charge in [0.25, 0.3) is 5.56 Å². The number of H-pyrrole nitrogens is 1. The highest BCUT2D eigenvalue weighted by atomic mass is 16.5. The number of fused-ring (bicyclic) bond motifs is 1. The second-order valence-electron chi connectivity index (χ2n) is 7.70. The number of amides is 1. The number of hydrogen-bond acceptors (Lipinski definition) is 5. The van der Waals surface area contributed by atoms with Crippen molar-refractivity contribution in [3.8, 4) is 0 Å². The van der Waals surface area contributed by atoms with Gasteiger partial charge in [0, 0.05) is 48.3 Å². The molecule has 30 heavy (non-hydrogen) atoms. The van der Waals surface area contributed by atoms with E-state index in [0.29, 0.717) is 5.65 Å². The van der Waals surface area contributed by atoms with Crippen LogP contribution in [-0.2, 0) is 22.4 Å². The third kappa shape index (κ3) is 4.60. The van der Waals surface area contributed by atoms with Crippen LogP contribution in [0.3, 0.4) is 0 Å². The van der Waals surface area contributed by atoms with Crippen molar-refractivity contribution in [2.24, 2.45) is 0 Å². The molecule has 2 N–H and O–H groups in total. The number of rotatable bonds is 6. The number of aromatic amines is 1. The van der Waals surface area contributed by atoms with E-state index in [0.717, 1.165) is 61.9 Å². The van der Waals surface area contributed by atoms with E-state index in [2.05, 4.69) is 32.4 Å². The number of aryl methyl sites for hydroxylation is 2. The van der Waals surface area contributed by atoms with Gasteiger partial charge in [-0.2, -0.15) is 0 Å². The summed E-state index contributed by atoms with van der Waals surface area (Å²) in [5.74, 6) is -0.113. The van der Waals surface area contributed by atoms with Crippen molar-refractivity contribution >= 4 is 17.2 Å². The van der Waals surface area contributed by atoms with Gasteiger partial charge in [0.2, 0.25) is 5.91 Å². The second kappa shape index (κ2) is 8.81. The van der Waals surface area contributed by atoms with Gasteiger partial charge in [0.15, 0.2) is 5.65 Å². The molecule has 1 saturated heterocycles. The van der Waals surface area contributed by atoms with Gasteiger partial charge in [0.1, 0.15) is 0 Å². The SMILES string of the molecule is Cc1nc2cc(=O)[nH]n2c(C)c1CC(=O)Nc1ccc(CCN2CCOCC2)cc1. The van der Waals surface area contributed by atoms with Crippen LogP contribution in [0.2, 0.25) is 0 Å². The van der Waals surface area contributed by atoms with Crippen molar-refractivity contribution in [3.05, 3.63) is 63.2 Å². The molecule has 1 aromatic carbocycles. The molecule has 4 rings (SSSR count). The van der Waals surface area contributed by atoms with E-state index in [-0.39, 0.29) is 17.9 Å². The van der Waals surface area contributed by atoms with Crippen LogP contribution in [0.4, 0.5) is 5.69 Å². The Balaban J connectivity index is 1.37. The zero-order valence-electron chi connectivity index (χ0n) is 17.4. The summed E-state index contributed by atoms with van der Waals surface area (Å²) in [5, 5.41) is 5.67. The quantitative estimate of drug-likeness (QED) is 0.647. The van der Waals surface area contributed by atoms with Gasteiger partial charge in [-0.25, -0.2) is 9.50 Å². The number of nitrogens with zero attached hydrogens (tertiary/aromatic N) is 3. The molecule has 8 nitrogen and oxygen atoms in total. The summed E-state index contributed by atoms with van der Waals surface area (Å²) in [6, 6.07) is 9.45. The van der Waals surface area contributed by atoms with Gasteiger partial charge in [0.05, 0.1) is 19.6 Å². The Bertz CT molecular complexity index is 1090. The van der Waals surface area contributed by atoms with Gasteiger partial charge in [-0.3, -0.25) is 19.6 Å². The van der Waals surface area contributed by atoms with Crippen LogP contribution in [0.1, 0.15) is 22.5 Å². The molecule has 0 radical (unpaired) electrons. The van der Waals surface area contributed by atoms with Gasteiger partial charge >= 0.3 is 0 Å². The summed E-state index contributed by atoms with van der Waals surface area (Å²) in [4.78, 5) is 31.0. The minimum Gasteiger partial charge on any atom is -0.379 e. The highest BCUT2D eigenvalue weighted by molar-refractivity contribution is 5.92. The lowest BCUT2D eigenvalue weighted by Gasteiger charge is -2.26. The summed E-state index contributed by atoms with van der Waals surface area (Å²) < 4.78 is 7.01. The first-order valence-corrected chi connectivity index (χ1v) is 10.3. The van der Waals surface area contributed by atoms with E-state index in [4.69, 9.17) is 4.74 Å². The van der Waals surface area contributed by atoms with Crippen LogP contribution >= 0.6 is 0 Å². The topological polar surface area (TPSA) is 91.7 Å². The van der Waals surface area contributed by atoms with Crippen LogP contribution in [0.15, 0.2) is 35.1 Å². The highest BCUT2D eigenvalue weighted by Crippen LogP contribution is 2.16. The predicted octanol–water partition coefficient (Wildman–Crippen LogP) is 1.70. The molecular formula is C22H27N5O3. The van der Waals surface area contributed by atoms with E-state index in [1.807, 2.05) is 26.0 Å². The Kier molecular flexibility index (Phi) is 5.96. The molecule has 0 aliphatic carbocycles. The average molecular weight is 409 g/mol. The predicted molar refractivity (Wildman–Crippen MR) is 115 cm³/mol.